The molecule has 1 amide bonds. The quantitative estimate of drug-likeness (QED) is 0.744. The average molecular weight is 355 g/mol. The van der Waals surface area contributed by atoms with E-state index in [1.54, 1.807) is 36.3 Å². The van der Waals surface area contributed by atoms with Gasteiger partial charge in [0.15, 0.2) is 13.2 Å². The van der Waals surface area contributed by atoms with E-state index in [2.05, 4.69) is 6.07 Å². The first-order valence-corrected chi connectivity index (χ1v) is 8.43. The summed E-state index contributed by atoms with van der Waals surface area (Å²) < 4.78 is 15.4. The molecule has 2 aromatic carbocycles. The molecule has 26 heavy (non-hydrogen) atoms. The molecule has 0 fully saturated rings. The van der Waals surface area contributed by atoms with Crippen LogP contribution in [0.5, 0.6) is 11.5 Å². The molecule has 0 aromatic heterocycles. The Morgan fingerprint density at radius 2 is 1.65 bits per heavy atom. The third-order valence-electron chi connectivity index (χ3n) is 4.26. The van der Waals surface area contributed by atoms with Crippen LogP contribution in [-0.4, -0.2) is 43.6 Å². The molecule has 0 unspecified atom stereocenters. The number of methoxy groups -OCH3 is 1. The van der Waals surface area contributed by atoms with Crippen LogP contribution in [0.3, 0.4) is 0 Å². The SMILES string of the molecule is COc1ccc(OCC(=O)OCC(=O)N2CCc3ccccc3C2)cc1. The maximum Gasteiger partial charge on any atom is 0.344 e. The molecule has 0 N–H and O–H groups in total. The minimum atomic E-state index is -0.577. The highest BCUT2D eigenvalue weighted by Crippen LogP contribution is 2.19. The second-order valence-electron chi connectivity index (χ2n) is 5.96. The number of hydrogen-bond donors (Lipinski definition) is 0. The van der Waals surface area contributed by atoms with Gasteiger partial charge in [0.05, 0.1) is 7.11 Å². The molecule has 3 rings (SSSR count). The van der Waals surface area contributed by atoms with Crippen molar-refractivity contribution in [1.29, 1.82) is 0 Å². The summed E-state index contributed by atoms with van der Waals surface area (Å²) in [5.74, 6) is 0.458. The van der Waals surface area contributed by atoms with Gasteiger partial charge in [0.25, 0.3) is 5.91 Å². The van der Waals surface area contributed by atoms with Gasteiger partial charge >= 0.3 is 5.97 Å². The van der Waals surface area contributed by atoms with E-state index < -0.39 is 5.97 Å². The van der Waals surface area contributed by atoms with Crippen molar-refractivity contribution >= 4 is 11.9 Å². The average Bonchev–Trinajstić information content (AvgIpc) is 2.70. The lowest BCUT2D eigenvalue weighted by atomic mass is 10.00. The zero-order chi connectivity index (χ0) is 18.4. The molecule has 1 aliphatic heterocycles. The van der Waals surface area contributed by atoms with Gasteiger partial charge in [0.2, 0.25) is 0 Å². The van der Waals surface area contributed by atoms with E-state index in [9.17, 15) is 9.59 Å². The van der Waals surface area contributed by atoms with Crippen molar-refractivity contribution in [1.82, 2.24) is 4.90 Å². The van der Waals surface area contributed by atoms with Gasteiger partial charge in [-0.1, -0.05) is 24.3 Å². The molecule has 6 nitrogen and oxygen atoms in total. The first kappa shape index (κ1) is 17.8. The van der Waals surface area contributed by atoms with Crippen molar-refractivity contribution in [3.8, 4) is 11.5 Å². The maximum absolute atomic E-state index is 12.3. The van der Waals surface area contributed by atoms with E-state index in [-0.39, 0.29) is 19.1 Å². The molecule has 0 aliphatic carbocycles. The minimum Gasteiger partial charge on any atom is -0.497 e. The lowest BCUT2D eigenvalue weighted by Crippen LogP contribution is -2.38. The fourth-order valence-corrected chi connectivity index (χ4v) is 2.80. The Labute approximate surface area is 152 Å². The molecular weight excluding hydrogens is 334 g/mol. The number of carbonyl (C=O) groups is 2. The number of nitrogens with zero attached hydrogens (tertiary/aromatic N) is 1. The number of carbonyl (C=O) groups excluding carboxylic acids is 2. The number of hydrogen-bond acceptors (Lipinski definition) is 5. The molecule has 2 aromatic rings. The third-order valence-corrected chi connectivity index (χ3v) is 4.26. The van der Waals surface area contributed by atoms with E-state index >= 15 is 0 Å². The largest absolute Gasteiger partial charge is 0.497 e. The fourth-order valence-electron chi connectivity index (χ4n) is 2.80. The molecular formula is C20H21NO5. The molecule has 0 bridgehead atoms. The first-order valence-electron chi connectivity index (χ1n) is 8.43. The second-order valence-corrected chi connectivity index (χ2v) is 5.96. The molecule has 0 atom stereocenters. The van der Waals surface area contributed by atoms with Crippen molar-refractivity contribution in [3.05, 3.63) is 59.7 Å². The zero-order valence-electron chi connectivity index (χ0n) is 14.6. The summed E-state index contributed by atoms with van der Waals surface area (Å²) in [7, 11) is 1.57. The van der Waals surface area contributed by atoms with Gasteiger partial charge in [-0.2, -0.15) is 0 Å². The van der Waals surface area contributed by atoms with Gasteiger partial charge in [-0.25, -0.2) is 4.79 Å². The van der Waals surface area contributed by atoms with E-state index in [0.717, 1.165) is 12.0 Å². The van der Waals surface area contributed by atoms with Crippen LogP contribution in [-0.2, 0) is 27.3 Å². The summed E-state index contributed by atoms with van der Waals surface area (Å²) in [6.07, 6.45) is 0.816. The Hall–Kier alpha value is -3.02. The van der Waals surface area contributed by atoms with E-state index in [1.165, 1.54) is 5.56 Å². The van der Waals surface area contributed by atoms with Gasteiger partial charge in [-0.3, -0.25) is 4.79 Å². The van der Waals surface area contributed by atoms with Gasteiger partial charge < -0.3 is 19.1 Å². The third kappa shape index (κ3) is 4.53. The van der Waals surface area contributed by atoms with Crippen LogP contribution in [0.25, 0.3) is 0 Å². The summed E-state index contributed by atoms with van der Waals surface area (Å²) in [4.78, 5) is 25.7. The molecule has 0 saturated carbocycles. The number of benzene rings is 2. The Kier molecular flexibility index (Phi) is 5.73. The monoisotopic (exact) mass is 355 g/mol. The lowest BCUT2D eigenvalue weighted by Gasteiger charge is -2.28. The first-order chi connectivity index (χ1) is 12.7. The predicted molar refractivity (Wildman–Crippen MR) is 95.0 cm³/mol. The summed E-state index contributed by atoms with van der Waals surface area (Å²) in [5, 5.41) is 0. The number of ether oxygens (including phenoxy) is 3. The predicted octanol–water partition coefficient (Wildman–Crippen LogP) is 2.20. The number of fused-ring (bicyclic) bond motifs is 1. The van der Waals surface area contributed by atoms with Gasteiger partial charge in [0, 0.05) is 13.1 Å². The normalized spacial score (nSPS) is 12.9. The summed E-state index contributed by atoms with van der Waals surface area (Å²) in [5.41, 5.74) is 2.41. The fraction of sp³-hybridized carbons (Fsp3) is 0.300. The van der Waals surface area contributed by atoms with Crippen LogP contribution in [0.4, 0.5) is 0 Å². The Balaban J connectivity index is 1.42. The maximum atomic E-state index is 12.3. The molecule has 6 heteroatoms. The van der Waals surface area contributed by atoms with Crippen molar-refractivity contribution in [3.63, 3.8) is 0 Å². The van der Waals surface area contributed by atoms with Crippen LogP contribution in [0, 0.1) is 0 Å². The van der Waals surface area contributed by atoms with Crippen LogP contribution in [0.15, 0.2) is 48.5 Å². The van der Waals surface area contributed by atoms with Crippen molar-refractivity contribution < 1.29 is 23.8 Å². The van der Waals surface area contributed by atoms with Crippen LogP contribution in [0.2, 0.25) is 0 Å². The topological polar surface area (TPSA) is 65.1 Å². The van der Waals surface area contributed by atoms with Crippen LogP contribution >= 0.6 is 0 Å². The van der Waals surface area contributed by atoms with Crippen molar-refractivity contribution in [2.45, 2.75) is 13.0 Å². The van der Waals surface area contributed by atoms with E-state index in [0.29, 0.717) is 24.6 Å². The molecule has 0 saturated heterocycles. The van der Waals surface area contributed by atoms with E-state index in [4.69, 9.17) is 14.2 Å². The Bertz CT molecular complexity index is 772. The smallest absolute Gasteiger partial charge is 0.344 e. The van der Waals surface area contributed by atoms with Crippen LogP contribution < -0.4 is 9.47 Å². The van der Waals surface area contributed by atoms with Crippen LogP contribution in [0.1, 0.15) is 11.1 Å². The van der Waals surface area contributed by atoms with Crippen molar-refractivity contribution in [2.24, 2.45) is 0 Å². The number of rotatable bonds is 6. The highest BCUT2D eigenvalue weighted by molar-refractivity contribution is 5.81. The van der Waals surface area contributed by atoms with Gasteiger partial charge in [0.1, 0.15) is 11.5 Å². The van der Waals surface area contributed by atoms with Crippen molar-refractivity contribution in [2.75, 3.05) is 26.9 Å². The zero-order valence-corrected chi connectivity index (χ0v) is 14.6. The highest BCUT2D eigenvalue weighted by atomic mass is 16.6. The van der Waals surface area contributed by atoms with Gasteiger partial charge in [-0.15, -0.1) is 0 Å². The number of esters is 1. The van der Waals surface area contributed by atoms with E-state index in [1.807, 2.05) is 18.2 Å². The minimum absolute atomic E-state index is 0.197. The molecule has 1 aliphatic rings. The Morgan fingerprint density at radius 1 is 0.962 bits per heavy atom. The summed E-state index contributed by atoms with van der Waals surface area (Å²) in [6, 6.07) is 14.9. The standard InChI is InChI=1S/C20H21NO5/c1-24-17-6-8-18(9-7-17)25-14-20(23)26-13-19(22)21-11-10-15-4-2-3-5-16(15)12-21/h2-9H,10-14H2,1H3. The highest BCUT2D eigenvalue weighted by Gasteiger charge is 2.21. The summed E-state index contributed by atoms with van der Waals surface area (Å²) >= 11 is 0. The Morgan fingerprint density at radius 3 is 2.38 bits per heavy atom. The number of amides is 1. The second kappa shape index (κ2) is 8.38. The molecule has 136 valence electrons. The molecule has 1 heterocycles. The molecule has 0 spiro atoms. The summed E-state index contributed by atoms with van der Waals surface area (Å²) in [6.45, 7) is 0.667. The van der Waals surface area contributed by atoms with Gasteiger partial charge in [-0.05, 0) is 41.8 Å². The molecule has 0 radical (unpaired) electrons. The lowest BCUT2D eigenvalue weighted by molar-refractivity contribution is -0.154.